The van der Waals surface area contributed by atoms with Crippen LogP contribution in [0.2, 0.25) is 5.02 Å². The SMILES string of the molecule is Cc1cc2nc(-n3ccnc3)ccc2c(-c2ccc(Cl)cc2)c1C(COC(=O)C(C)(C)C)OC(C)(C)C. The Labute approximate surface area is 223 Å². The Morgan fingerprint density at radius 3 is 2.35 bits per heavy atom. The highest BCUT2D eigenvalue weighted by atomic mass is 35.5. The number of ether oxygens (including phenoxy) is 2. The van der Waals surface area contributed by atoms with E-state index in [1.165, 1.54) is 0 Å². The fourth-order valence-corrected chi connectivity index (χ4v) is 4.39. The highest BCUT2D eigenvalue weighted by Gasteiger charge is 2.30. The minimum atomic E-state index is -0.614. The van der Waals surface area contributed by atoms with Crippen molar-refractivity contribution in [2.24, 2.45) is 5.41 Å². The van der Waals surface area contributed by atoms with E-state index in [0.29, 0.717) is 5.02 Å². The molecule has 0 saturated heterocycles. The van der Waals surface area contributed by atoms with Gasteiger partial charge >= 0.3 is 5.97 Å². The highest BCUT2D eigenvalue weighted by molar-refractivity contribution is 6.30. The van der Waals surface area contributed by atoms with Gasteiger partial charge in [0.2, 0.25) is 0 Å². The fraction of sp³-hybridized carbons (Fsp3) is 0.367. The Balaban J connectivity index is 1.93. The van der Waals surface area contributed by atoms with Crippen LogP contribution in [-0.4, -0.2) is 32.7 Å². The van der Waals surface area contributed by atoms with E-state index in [0.717, 1.165) is 39.0 Å². The maximum absolute atomic E-state index is 12.7. The number of hydrogen-bond acceptors (Lipinski definition) is 5. The van der Waals surface area contributed by atoms with Gasteiger partial charge in [-0.3, -0.25) is 9.36 Å². The van der Waals surface area contributed by atoms with E-state index < -0.39 is 17.1 Å². The van der Waals surface area contributed by atoms with Crippen LogP contribution in [0.15, 0.2) is 61.2 Å². The highest BCUT2D eigenvalue weighted by Crippen LogP contribution is 2.41. The van der Waals surface area contributed by atoms with Crippen molar-refractivity contribution in [2.45, 2.75) is 60.2 Å². The first-order valence-corrected chi connectivity index (χ1v) is 12.7. The van der Waals surface area contributed by atoms with Crippen LogP contribution in [0.3, 0.4) is 0 Å². The molecule has 0 aliphatic heterocycles. The maximum atomic E-state index is 12.7. The van der Waals surface area contributed by atoms with E-state index >= 15 is 0 Å². The number of aromatic nitrogens is 3. The molecule has 2 aromatic heterocycles. The van der Waals surface area contributed by atoms with Crippen molar-refractivity contribution in [1.29, 1.82) is 0 Å². The molecule has 0 fully saturated rings. The molecular weight excluding hydrogens is 486 g/mol. The van der Waals surface area contributed by atoms with E-state index in [2.05, 4.69) is 17.1 Å². The fourth-order valence-electron chi connectivity index (χ4n) is 4.26. The number of fused-ring (bicyclic) bond motifs is 1. The van der Waals surface area contributed by atoms with Gasteiger partial charge in [0.15, 0.2) is 0 Å². The van der Waals surface area contributed by atoms with Gasteiger partial charge in [-0.1, -0.05) is 23.7 Å². The third-order valence-electron chi connectivity index (χ3n) is 5.92. The summed E-state index contributed by atoms with van der Waals surface area (Å²) in [6.07, 6.45) is 4.83. The molecule has 0 aliphatic rings. The number of carbonyl (C=O) groups excluding carboxylic acids is 1. The first-order chi connectivity index (χ1) is 17.3. The quantitative estimate of drug-likeness (QED) is 0.247. The van der Waals surface area contributed by atoms with Crippen molar-refractivity contribution < 1.29 is 14.3 Å². The summed E-state index contributed by atoms with van der Waals surface area (Å²) in [6.45, 7) is 13.7. The summed E-state index contributed by atoms with van der Waals surface area (Å²) in [6, 6.07) is 13.9. The van der Waals surface area contributed by atoms with Crippen molar-refractivity contribution in [3.63, 3.8) is 0 Å². The lowest BCUT2D eigenvalue weighted by molar-refractivity contribution is -0.162. The molecule has 37 heavy (non-hydrogen) atoms. The van der Waals surface area contributed by atoms with Crippen molar-refractivity contribution in [3.05, 3.63) is 77.3 Å². The molecule has 0 saturated carbocycles. The van der Waals surface area contributed by atoms with Crippen molar-refractivity contribution >= 4 is 28.5 Å². The third-order valence-corrected chi connectivity index (χ3v) is 6.18. The van der Waals surface area contributed by atoms with Crippen LogP contribution < -0.4 is 0 Å². The van der Waals surface area contributed by atoms with Gasteiger partial charge < -0.3 is 9.47 Å². The molecule has 4 rings (SSSR count). The Hall–Kier alpha value is -3.22. The van der Waals surface area contributed by atoms with Crippen LogP contribution in [0.5, 0.6) is 0 Å². The van der Waals surface area contributed by atoms with Crippen LogP contribution in [-0.2, 0) is 14.3 Å². The van der Waals surface area contributed by atoms with Crippen LogP contribution >= 0.6 is 11.6 Å². The summed E-state index contributed by atoms with van der Waals surface area (Å²) < 4.78 is 14.2. The molecule has 1 atom stereocenters. The van der Waals surface area contributed by atoms with Gasteiger partial charge in [-0.05, 0) is 101 Å². The van der Waals surface area contributed by atoms with Crippen molar-refractivity contribution in [1.82, 2.24) is 14.5 Å². The molecule has 0 bridgehead atoms. The summed E-state index contributed by atoms with van der Waals surface area (Å²) in [7, 11) is 0. The second-order valence-corrected chi connectivity index (χ2v) is 11.7. The monoisotopic (exact) mass is 519 g/mol. The molecule has 0 spiro atoms. The molecule has 4 aromatic rings. The molecule has 0 N–H and O–H groups in total. The lowest BCUT2D eigenvalue weighted by Gasteiger charge is -2.31. The lowest BCUT2D eigenvalue weighted by Crippen LogP contribution is -2.30. The van der Waals surface area contributed by atoms with Gasteiger partial charge in [-0.2, -0.15) is 0 Å². The molecule has 0 amide bonds. The zero-order valence-corrected chi connectivity index (χ0v) is 23.3. The summed E-state index contributed by atoms with van der Waals surface area (Å²) in [4.78, 5) is 21.8. The van der Waals surface area contributed by atoms with E-state index in [1.807, 2.05) is 89.6 Å². The number of imidazole rings is 1. The van der Waals surface area contributed by atoms with Gasteiger partial charge in [0, 0.05) is 22.8 Å². The maximum Gasteiger partial charge on any atom is 0.311 e. The molecule has 194 valence electrons. The molecule has 6 nitrogen and oxygen atoms in total. The topological polar surface area (TPSA) is 66.2 Å². The van der Waals surface area contributed by atoms with Crippen molar-refractivity contribution in [3.8, 4) is 16.9 Å². The third kappa shape index (κ3) is 6.20. The second kappa shape index (κ2) is 10.3. The number of carbonyl (C=O) groups is 1. The molecular formula is C30H34ClN3O3. The summed E-state index contributed by atoms with van der Waals surface area (Å²) in [5, 5.41) is 1.63. The van der Waals surface area contributed by atoms with Crippen LogP contribution in [0, 0.1) is 12.3 Å². The van der Waals surface area contributed by atoms with Gasteiger partial charge in [0.25, 0.3) is 0 Å². The number of rotatable bonds is 6. The number of benzene rings is 2. The van der Waals surface area contributed by atoms with Crippen LogP contribution in [0.4, 0.5) is 0 Å². The summed E-state index contributed by atoms with van der Waals surface area (Å²) in [5.74, 6) is 0.508. The molecule has 7 heteroatoms. The first kappa shape index (κ1) is 26.8. The Bertz CT molecular complexity index is 1400. The van der Waals surface area contributed by atoms with Gasteiger partial charge in [0.05, 0.1) is 16.5 Å². The van der Waals surface area contributed by atoms with Gasteiger partial charge in [-0.15, -0.1) is 0 Å². The largest absolute Gasteiger partial charge is 0.462 e. The lowest BCUT2D eigenvalue weighted by atomic mass is 9.88. The number of pyridine rings is 1. The first-order valence-electron chi connectivity index (χ1n) is 12.4. The van der Waals surface area contributed by atoms with Gasteiger partial charge in [-0.25, -0.2) is 9.97 Å². The van der Waals surface area contributed by atoms with Crippen LogP contribution in [0.1, 0.15) is 58.8 Å². The summed E-state index contributed by atoms with van der Waals surface area (Å²) in [5.41, 5.74) is 3.68. The number of hydrogen-bond donors (Lipinski definition) is 0. The Kier molecular flexibility index (Phi) is 7.45. The molecule has 0 radical (unpaired) electrons. The molecule has 0 aliphatic carbocycles. The average molecular weight is 520 g/mol. The van der Waals surface area contributed by atoms with E-state index in [-0.39, 0.29) is 12.6 Å². The number of halogens is 1. The smallest absolute Gasteiger partial charge is 0.311 e. The van der Waals surface area contributed by atoms with Gasteiger partial charge in [0.1, 0.15) is 24.9 Å². The summed E-state index contributed by atoms with van der Waals surface area (Å²) >= 11 is 6.24. The molecule has 2 aromatic carbocycles. The van der Waals surface area contributed by atoms with Crippen LogP contribution in [0.25, 0.3) is 27.8 Å². The standard InChI is InChI=1S/C30H34ClN3O3/c1-19-16-23-22(12-13-25(33-23)34-15-14-32-18-34)27(20-8-10-21(31)11-9-20)26(19)24(37-30(5,6)7)17-36-28(35)29(2,3)4/h8-16,18,24H,17H2,1-7H3. The van der Waals surface area contributed by atoms with E-state index in [1.54, 1.807) is 12.5 Å². The number of nitrogens with zero attached hydrogens (tertiary/aromatic N) is 3. The predicted molar refractivity (Wildman–Crippen MR) is 148 cm³/mol. The Morgan fingerprint density at radius 2 is 1.76 bits per heavy atom. The predicted octanol–water partition coefficient (Wildman–Crippen LogP) is 7.49. The van der Waals surface area contributed by atoms with E-state index in [9.17, 15) is 4.79 Å². The molecule has 1 unspecified atom stereocenters. The zero-order chi connectivity index (χ0) is 27.0. The minimum Gasteiger partial charge on any atom is -0.462 e. The average Bonchev–Trinajstić information content (AvgIpc) is 3.35. The zero-order valence-electron chi connectivity index (χ0n) is 22.5. The number of esters is 1. The normalized spacial score (nSPS) is 13.1. The molecule has 2 heterocycles. The minimum absolute atomic E-state index is 0.0981. The van der Waals surface area contributed by atoms with E-state index in [4.69, 9.17) is 26.1 Å². The second-order valence-electron chi connectivity index (χ2n) is 11.3. The Morgan fingerprint density at radius 1 is 1.05 bits per heavy atom. The number of aryl methyl sites for hydroxylation is 1. The van der Waals surface area contributed by atoms with Crippen molar-refractivity contribution in [2.75, 3.05) is 6.61 Å².